The van der Waals surface area contributed by atoms with E-state index in [-0.39, 0.29) is 17.6 Å². The second-order valence-electron chi connectivity index (χ2n) is 6.93. The quantitative estimate of drug-likeness (QED) is 0.854. The number of carbonyl (C=O) groups is 3. The van der Waals surface area contributed by atoms with Crippen LogP contribution in [0.4, 0.5) is 11.4 Å². The van der Waals surface area contributed by atoms with Crippen molar-refractivity contribution in [1.82, 2.24) is 0 Å². The first-order valence-electron chi connectivity index (χ1n) is 8.80. The summed E-state index contributed by atoms with van der Waals surface area (Å²) in [6.45, 7) is 3.98. The molecule has 0 saturated carbocycles. The van der Waals surface area contributed by atoms with Crippen molar-refractivity contribution < 1.29 is 14.4 Å². The highest BCUT2D eigenvalue weighted by atomic mass is 16.2. The molecule has 2 aromatic carbocycles. The number of amides is 2. The van der Waals surface area contributed by atoms with Crippen LogP contribution >= 0.6 is 0 Å². The monoisotopic (exact) mass is 350 g/mol. The van der Waals surface area contributed by atoms with Gasteiger partial charge in [0.05, 0.1) is 0 Å². The summed E-state index contributed by atoms with van der Waals surface area (Å²) in [5, 5.41) is 5.69. The number of fused-ring (bicyclic) bond motifs is 1. The number of benzene rings is 2. The van der Waals surface area contributed by atoms with Crippen molar-refractivity contribution in [2.75, 3.05) is 10.6 Å². The zero-order valence-corrected chi connectivity index (χ0v) is 15.0. The number of carbonyl (C=O) groups excluding carboxylic acids is 3. The standard InChI is InChI=1S/C21H22N2O3/c1-13(2)12-20(25)22-14-6-8-15(9-7-14)23-21(26)18-5-3-4-17-16(18)10-11-19(17)24/h3-9,13H,10-12H2,1-2H3,(H,22,25)(H,23,26). The molecule has 2 N–H and O–H groups in total. The van der Waals surface area contributed by atoms with Crippen LogP contribution in [0, 0.1) is 5.92 Å². The van der Waals surface area contributed by atoms with Gasteiger partial charge >= 0.3 is 0 Å². The summed E-state index contributed by atoms with van der Waals surface area (Å²) in [6.07, 6.45) is 1.54. The summed E-state index contributed by atoms with van der Waals surface area (Å²) in [5.74, 6) is 0.138. The van der Waals surface area contributed by atoms with E-state index >= 15 is 0 Å². The van der Waals surface area contributed by atoms with Gasteiger partial charge < -0.3 is 10.6 Å². The van der Waals surface area contributed by atoms with Crippen LogP contribution in [0.15, 0.2) is 42.5 Å². The zero-order chi connectivity index (χ0) is 18.7. The van der Waals surface area contributed by atoms with Gasteiger partial charge in [0.2, 0.25) is 5.91 Å². The van der Waals surface area contributed by atoms with Gasteiger partial charge in [-0.3, -0.25) is 14.4 Å². The molecule has 0 bridgehead atoms. The highest BCUT2D eigenvalue weighted by Gasteiger charge is 2.24. The Kier molecular flexibility index (Phi) is 5.16. The van der Waals surface area contributed by atoms with Crippen molar-refractivity contribution >= 4 is 29.0 Å². The predicted octanol–water partition coefficient (Wildman–Crippen LogP) is 4.05. The minimum atomic E-state index is -0.229. The van der Waals surface area contributed by atoms with Crippen molar-refractivity contribution in [1.29, 1.82) is 0 Å². The highest BCUT2D eigenvalue weighted by molar-refractivity contribution is 6.09. The first-order valence-corrected chi connectivity index (χ1v) is 8.80. The Hall–Kier alpha value is -2.95. The van der Waals surface area contributed by atoms with Crippen LogP contribution in [-0.2, 0) is 11.2 Å². The van der Waals surface area contributed by atoms with Crippen LogP contribution < -0.4 is 10.6 Å². The molecule has 3 rings (SSSR count). The van der Waals surface area contributed by atoms with Gasteiger partial charge in [-0.15, -0.1) is 0 Å². The van der Waals surface area contributed by atoms with Crippen molar-refractivity contribution in [3.05, 3.63) is 59.2 Å². The number of hydrogen-bond donors (Lipinski definition) is 2. The van der Waals surface area contributed by atoms with Crippen LogP contribution in [0.2, 0.25) is 0 Å². The molecule has 5 heteroatoms. The largest absolute Gasteiger partial charge is 0.326 e. The second-order valence-corrected chi connectivity index (χ2v) is 6.93. The van der Waals surface area contributed by atoms with E-state index in [4.69, 9.17) is 0 Å². The molecule has 0 aliphatic heterocycles. The molecule has 2 aromatic rings. The number of nitrogens with one attached hydrogen (secondary N) is 2. The lowest BCUT2D eigenvalue weighted by Crippen LogP contribution is -2.15. The fraction of sp³-hybridized carbons (Fsp3) is 0.286. The van der Waals surface area contributed by atoms with Crippen molar-refractivity contribution in [2.24, 2.45) is 5.92 Å². The lowest BCUT2D eigenvalue weighted by atomic mass is 10.0. The molecule has 0 fully saturated rings. The van der Waals surface area contributed by atoms with Crippen molar-refractivity contribution in [3.63, 3.8) is 0 Å². The van der Waals surface area contributed by atoms with Gasteiger partial charge in [0.15, 0.2) is 5.78 Å². The normalized spacial score (nSPS) is 12.8. The molecule has 1 aliphatic carbocycles. The zero-order valence-electron chi connectivity index (χ0n) is 15.0. The summed E-state index contributed by atoms with van der Waals surface area (Å²) in [6, 6.07) is 12.3. The van der Waals surface area contributed by atoms with Gasteiger partial charge in [-0.1, -0.05) is 26.0 Å². The van der Waals surface area contributed by atoms with Gasteiger partial charge in [0.25, 0.3) is 5.91 Å². The van der Waals surface area contributed by atoms with E-state index < -0.39 is 0 Å². The Morgan fingerprint density at radius 1 is 0.962 bits per heavy atom. The molecule has 0 heterocycles. The van der Waals surface area contributed by atoms with E-state index in [9.17, 15) is 14.4 Å². The van der Waals surface area contributed by atoms with E-state index in [2.05, 4.69) is 10.6 Å². The van der Waals surface area contributed by atoms with Gasteiger partial charge in [-0.2, -0.15) is 0 Å². The molecule has 2 amide bonds. The van der Waals surface area contributed by atoms with E-state index in [1.54, 1.807) is 42.5 Å². The highest BCUT2D eigenvalue weighted by Crippen LogP contribution is 2.26. The minimum Gasteiger partial charge on any atom is -0.326 e. The maximum Gasteiger partial charge on any atom is 0.255 e. The molecule has 5 nitrogen and oxygen atoms in total. The molecular weight excluding hydrogens is 328 g/mol. The molecular formula is C21H22N2O3. The first-order chi connectivity index (χ1) is 12.4. The number of Topliss-reactive ketones (excluding diaryl/α,β-unsaturated/α-hetero) is 1. The van der Waals surface area contributed by atoms with E-state index in [0.29, 0.717) is 47.7 Å². The molecule has 0 radical (unpaired) electrons. The van der Waals surface area contributed by atoms with Gasteiger partial charge in [0.1, 0.15) is 0 Å². The van der Waals surface area contributed by atoms with Crippen molar-refractivity contribution in [3.8, 4) is 0 Å². The number of rotatable bonds is 5. The van der Waals surface area contributed by atoms with Crippen LogP contribution in [0.3, 0.4) is 0 Å². The third-order valence-electron chi connectivity index (χ3n) is 4.34. The topological polar surface area (TPSA) is 75.3 Å². The predicted molar refractivity (Wildman–Crippen MR) is 102 cm³/mol. The molecule has 0 saturated heterocycles. The average molecular weight is 350 g/mol. The fourth-order valence-electron chi connectivity index (χ4n) is 3.12. The number of ketones is 1. The van der Waals surface area contributed by atoms with E-state index in [1.807, 2.05) is 13.8 Å². The van der Waals surface area contributed by atoms with Crippen molar-refractivity contribution in [2.45, 2.75) is 33.1 Å². The van der Waals surface area contributed by atoms with Crippen LogP contribution in [-0.4, -0.2) is 17.6 Å². The fourth-order valence-corrected chi connectivity index (χ4v) is 3.12. The Labute approximate surface area is 152 Å². The third kappa shape index (κ3) is 3.99. The summed E-state index contributed by atoms with van der Waals surface area (Å²) in [7, 11) is 0. The average Bonchev–Trinajstić information content (AvgIpc) is 2.97. The van der Waals surface area contributed by atoms with Crippen LogP contribution in [0.1, 0.15) is 53.0 Å². The lowest BCUT2D eigenvalue weighted by Gasteiger charge is -2.10. The molecule has 0 unspecified atom stereocenters. The lowest BCUT2D eigenvalue weighted by molar-refractivity contribution is -0.116. The summed E-state index contributed by atoms with van der Waals surface area (Å²) in [5.41, 5.74) is 3.36. The third-order valence-corrected chi connectivity index (χ3v) is 4.34. The Morgan fingerprint density at radius 3 is 2.27 bits per heavy atom. The smallest absolute Gasteiger partial charge is 0.255 e. The SMILES string of the molecule is CC(C)CC(=O)Nc1ccc(NC(=O)c2cccc3c2CCC3=O)cc1. The molecule has 0 spiro atoms. The molecule has 1 aliphatic rings. The minimum absolute atomic E-state index is 0.0266. The summed E-state index contributed by atoms with van der Waals surface area (Å²) < 4.78 is 0. The van der Waals surface area contributed by atoms with E-state index in [1.165, 1.54) is 0 Å². The summed E-state index contributed by atoms with van der Waals surface area (Å²) >= 11 is 0. The Balaban J connectivity index is 1.67. The van der Waals surface area contributed by atoms with Gasteiger partial charge in [-0.25, -0.2) is 0 Å². The Bertz CT molecular complexity index is 854. The molecule has 134 valence electrons. The maximum atomic E-state index is 12.6. The first kappa shape index (κ1) is 17.9. The number of anilines is 2. The van der Waals surface area contributed by atoms with Crippen LogP contribution in [0.5, 0.6) is 0 Å². The van der Waals surface area contributed by atoms with Gasteiger partial charge in [-0.05, 0) is 48.2 Å². The molecule has 26 heavy (non-hydrogen) atoms. The Morgan fingerprint density at radius 2 is 1.62 bits per heavy atom. The second kappa shape index (κ2) is 7.52. The van der Waals surface area contributed by atoms with Crippen LogP contribution in [0.25, 0.3) is 0 Å². The number of hydrogen-bond acceptors (Lipinski definition) is 3. The maximum absolute atomic E-state index is 12.6. The van der Waals surface area contributed by atoms with E-state index in [0.717, 1.165) is 5.56 Å². The molecule has 0 atom stereocenters. The summed E-state index contributed by atoms with van der Waals surface area (Å²) in [4.78, 5) is 36.2. The van der Waals surface area contributed by atoms with Gasteiger partial charge in [0, 0.05) is 35.3 Å². The molecule has 0 aromatic heterocycles.